The minimum Gasteiger partial charge on any atom is -0.444 e. The topological polar surface area (TPSA) is 161 Å². The van der Waals surface area contributed by atoms with Gasteiger partial charge >= 0.3 is 6.09 Å². The summed E-state index contributed by atoms with van der Waals surface area (Å²) in [6.45, 7) is 9.00. The van der Waals surface area contributed by atoms with Gasteiger partial charge in [-0.2, -0.15) is 5.10 Å². The Labute approximate surface area is 298 Å². The fourth-order valence-corrected chi connectivity index (χ4v) is 6.29. The van der Waals surface area contributed by atoms with Crippen LogP contribution in [0.2, 0.25) is 0 Å². The van der Waals surface area contributed by atoms with Crippen LogP contribution in [0.1, 0.15) is 76.8 Å². The fraction of sp³-hybridized carbons (Fsp3) is 0.474. The van der Waals surface area contributed by atoms with Crippen molar-refractivity contribution in [2.45, 2.75) is 90.0 Å². The van der Waals surface area contributed by atoms with Gasteiger partial charge in [0.15, 0.2) is 5.52 Å². The van der Waals surface area contributed by atoms with E-state index in [0.29, 0.717) is 63.1 Å². The normalized spacial score (nSPS) is 15.0. The van der Waals surface area contributed by atoms with Crippen LogP contribution in [-0.4, -0.2) is 78.1 Å². The van der Waals surface area contributed by atoms with E-state index in [0.717, 1.165) is 16.7 Å². The summed E-state index contributed by atoms with van der Waals surface area (Å²) in [5.74, 6) is 0.0396. The first kappa shape index (κ1) is 37.2. The first-order valence-electron chi connectivity index (χ1n) is 17.5. The smallest absolute Gasteiger partial charge is 0.407 e. The van der Waals surface area contributed by atoms with E-state index < -0.39 is 17.3 Å². The fourth-order valence-electron chi connectivity index (χ4n) is 6.29. The molecule has 3 amide bonds. The molecular weight excluding hydrogens is 650 g/mol. The van der Waals surface area contributed by atoms with Crippen LogP contribution in [0.15, 0.2) is 65.7 Å². The molecule has 4 aromatic rings. The summed E-state index contributed by atoms with van der Waals surface area (Å²) in [6, 6.07) is 17.6. The Balaban J connectivity index is 1.14. The van der Waals surface area contributed by atoms with Crippen molar-refractivity contribution in [3.05, 3.63) is 82.4 Å². The van der Waals surface area contributed by atoms with Crippen LogP contribution >= 0.6 is 0 Å². The van der Waals surface area contributed by atoms with Crippen molar-refractivity contribution in [1.82, 2.24) is 34.9 Å². The summed E-state index contributed by atoms with van der Waals surface area (Å²) >= 11 is 0. The van der Waals surface area contributed by atoms with E-state index in [1.54, 1.807) is 37.4 Å². The first-order chi connectivity index (χ1) is 24.2. The lowest BCUT2D eigenvalue weighted by atomic mass is 9.90. The van der Waals surface area contributed by atoms with Gasteiger partial charge in [0.05, 0.1) is 24.2 Å². The summed E-state index contributed by atoms with van der Waals surface area (Å²) in [7, 11) is 1.76. The molecule has 3 N–H and O–H groups in total. The zero-order chi connectivity index (χ0) is 36.8. The van der Waals surface area contributed by atoms with Crippen LogP contribution in [0.3, 0.4) is 0 Å². The number of nitrogens with zero attached hydrogens (tertiary/aromatic N) is 5. The number of benzene rings is 2. The number of ether oxygens (including phenoxy) is 1. The average Bonchev–Trinajstić information content (AvgIpc) is 3.43. The molecule has 13 nitrogen and oxygen atoms in total. The highest BCUT2D eigenvalue weighted by molar-refractivity contribution is 5.89. The van der Waals surface area contributed by atoms with Crippen LogP contribution in [-0.2, 0) is 34.5 Å². The summed E-state index contributed by atoms with van der Waals surface area (Å²) in [5.41, 5.74) is 2.10. The highest BCUT2D eigenvalue weighted by Crippen LogP contribution is 2.28. The van der Waals surface area contributed by atoms with E-state index in [-0.39, 0.29) is 41.8 Å². The first-order valence-corrected chi connectivity index (χ1v) is 17.5. The molecule has 272 valence electrons. The van der Waals surface area contributed by atoms with E-state index in [2.05, 4.69) is 20.7 Å². The van der Waals surface area contributed by atoms with Crippen LogP contribution in [0.25, 0.3) is 22.3 Å². The predicted molar refractivity (Wildman–Crippen MR) is 194 cm³/mol. The number of aromatic nitrogens is 4. The molecule has 13 heteroatoms. The molecule has 2 aromatic carbocycles. The number of aliphatic hydroxyl groups is 1. The third-order valence-corrected chi connectivity index (χ3v) is 9.14. The second-order valence-electron chi connectivity index (χ2n) is 14.5. The van der Waals surface area contributed by atoms with Gasteiger partial charge < -0.3 is 25.4 Å². The molecule has 0 bridgehead atoms. The van der Waals surface area contributed by atoms with E-state index >= 15 is 0 Å². The summed E-state index contributed by atoms with van der Waals surface area (Å²) in [4.78, 5) is 57.0. The van der Waals surface area contributed by atoms with Crippen molar-refractivity contribution in [1.29, 1.82) is 0 Å². The number of fused-ring (bicyclic) bond motifs is 1. The number of hydrogen-bond acceptors (Lipinski definition) is 8. The van der Waals surface area contributed by atoms with Crippen molar-refractivity contribution >= 4 is 28.9 Å². The lowest BCUT2D eigenvalue weighted by Crippen LogP contribution is -2.49. The molecule has 3 heterocycles. The van der Waals surface area contributed by atoms with E-state index in [1.165, 1.54) is 10.9 Å². The van der Waals surface area contributed by atoms with Gasteiger partial charge in [-0.05, 0) is 57.1 Å². The van der Waals surface area contributed by atoms with Gasteiger partial charge in [0.1, 0.15) is 11.1 Å². The van der Waals surface area contributed by atoms with Gasteiger partial charge in [-0.1, -0.05) is 61.5 Å². The second-order valence-corrected chi connectivity index (χ2v) is 14.5. The molecule has 1 saturated heterocycles. The summed E-state index contributed by atoms with van der Waals surface area (Å²) < 4.78 is 8.23. The van der Waals surface area contributed by atoms with Crippen molar-refractivity contribution in [3.8, 4) is 11.3 Å². The maximum atomic E-state index is 13.6. The third-order valence-electron chi connectivity index (χ3n) is 9.14. The molecule has 51 heavy (non-hydrogen) atoms. The molecule has 0 aliphatic carbocycles. The van der Waals surface area contributed by atoms with Gasteiger partial charge in [-0.3, -0.25) is 23.6 Å². The molecule has 0 radical (unpaired) electrons. The average molecular weight is 700 g/mol. The van der Waals surface area contributed by atoms with Gasteiger partial charge in [0, 0.05) is 51.6 Å². The van der Waals surface area contributed by atoms with E-state index in [9.17, 15) is 24.3 Å². The van der Waals surface area contributed by atoms with Crippen molar-refractivity contribution in [2.75, 3.05) is 19.6 Å². The number of carbonyl (C=O) groups is 3. The van der Waals surface area contributed by atoms with Crippen LogP contribution in [0.4, 0.5) is 4.79 Å². The van der Waals surface area contributed by atoms with Crippen molar-refractivity contribution in [2.24, 2.45) is 7.05 Å². The molecule has 0 saturated carbocycles. The maximum absolute atomic E-state index is 13.6. The number of rotatable bonds is 12. The number of amides is 3. The SMILES string of the molecule is C[C@H](CC(=O)N1CCC(O)(Cn2cnc3c(-c4ccc(CNC(=O)CCCNC(=O)OC(C)(C)C)cc4)n(C)nc3c2=O)CC1)c1ccccc1. The van der Waals surface area contributed by atoms with E-state index in [4.69, 9.17) is 4.74 Å². The molecule has 0 spiro atoms. The van der Waals surface area contributed by atoms with Gasteiger partial charge in [0.2, 0.25) is 11.8 Å². The Morgan fingerprint density at radius 2 is 1.69 bits per heavy atom. The zero-order valence-corrected chi connectivity index (χ0v) is 30.1. The molecule has 0 unspecified atom stereocenters. The maximum Gasteiger partial charge on any atom is 0.407 e. The number of piperidine rings is 1. The molecule has 5 rings (SSSR count). The molecule has 2 aromatic heterocycles. The Bertz CT molecular complexity index is 1890. The summed E-state index contributed by atoms with van der Waals surface area (Å²) in [5, 5.41) is 21.5. The van der Waals surface area contributed by atoms with Gasteiger partial charge in [0.25, 0.3) is 5.56 Å². The highest BCUT2D eigenvalue weighted by atomic mass is 16.6. The van der Waals surface area contributed by atoms with Crippen molar-refractivity contribution in [3.63, 3.8) is 0 Å². The van der Waals surface area contributed by atoms with Crippen molar-refractivity contribution < 1.29 is 24.2 Å². The quantitative estimate of drug-likeness (QED) is 0.185. The Morgan fingerprint density at radius 1 is 1.00 bits per heavy atom. The highest BCUT2D eigenvalue weighted by Gasteiger charge is 2.35. The third kappa shape index (κ3) is 9.81. The minimum atomic E-state index is -1.15. The van der Waals surface area contributed by atoms with Gasteiger partial charge in [-0.15, -0.1) is 0 Å². The summed E-state index contributed by atoms with van der Waals surface area (Å²) in [6.07, 6.45) is 2.82. The number of likely N-dealkylation sites (tertiary alicyclic amines) is 1. The van der Waals surface area contributed by atoms with Crippen LogP contribution in [0.5, 0.6) is 0 Å². The Hall–Kier alpha value is -5.04. The Kier molecular flexibility index (Phi) is 11.6. The standard InChI is InChI=1S/C38H49N7O6/c1-26(28-10-7-6-8-11-28)22-31(47)44-20-17-38(50,18-21-44)24-45-25-41-32-33(35(45)48)42-43(5)34(32)29-15-13-27(14-16-29)23-40-30(46)12-9-19-39-36(49)51-37(2,3)4/h6-8,10-11,13-16,25-26,50H,9,12,17-24H2,1-5H3,(H,39,49)(H,40,46)/t26-/m1/s1. The second kappa shape index (κ2) is 15.9. The van der Waals surface area contributed by atoms with E-state index in [1.807, 2.05) is 61.5 Å². The lowest BCUT2D eigenvalue weighted by molar-refractivity contribution is -0.136. The predicted octanol–water partition coefficient (Wildman–Crippen LogP) is 4.27. The monoisotopic (exact) mass is 699 g/mol. The number of hydrogen-bond donors (Lipinski definition) is 3. The molecule has 1 atom stereocenters. The minimum absolute atomic E-state index is 0.0593. The number of alkyl carbamates (subject to hydrolysis) is 1. The molecule has 1 aliphatic rings. The van der Waals surface area contributed by atoms with Crippen LogP contribution < -0.4 is 16.2 Å². The van der Waals surface area contributed by atoms with Gasteiger partial charge in [-0.25, -0.2) is 9.78 Å². The lowest BCUT2D eigenvalue weighted by Gasteiger charge is -2.38. The molecule has 1 fully saturated rings. The Morgan fingerprint density at radius 3 is 2.35 bits per heavy atom. The van der Waals surface area contributed by atoms with Crippen LogP contribution in [0, 0.1) is 0 Å². The molecule has 1 aliphatic heterocycles. The number of carbonyl (C=O) groups excluding carboxylic acids is 3. The zero-order valence-electron chi connectivity index (χ0n) is 30.1. The number of aryl methyl sites for hydroxylation is 1. The number of nitrogens with one attached hydrogen (secondary N) is 2. The largest absolute Gasteiger partial charge is 0.444 e. The molecular formula is C38H49N7O6.